The van der Waals surface area contributed by atoms with Crippen molar-refractivity contribution in [2.45, 2.75) is 25.8 Å². The monoisotopic (exact) mass is 204 g/mol. The lowest BCUT2D eigenvalue weighted by molar-refractivity contribution is 0.629. The zero-order chi connectivity index (χ0) is 10.7. The molecule has 0 spiro atoms. The summed E-state index contributed by atoms with van der Waals surface area (Å²) in [7, 11) is 2.02. The van der Waals surface area contributed by atoms with Crippen molar-refractivity contribution in [3.05, 3.63) is 29.8 Å². The number of hydrogen-bond donors (Lipinski definition) is 1. The Morgan fingerprint density at radius 2 is 2.20 bits per heavy atom. The van der Waals surface area contributed by atoms with Crippen LogP contribution in [0.15, 0.2) is 24.3 Å². The number of fused-ring (bicyclic) bond motifs is 1. The SMILES string of the molecule is CNCCCN1c2ccccc2CC1C. The third kappa shape index (κ3) is 2.15. The minimum absolute atomic E-state index is 0.666. The van der Waals surface area contributed by atoms with Crippen molar-refractivity contribution in [1.82, 2.24) is 5.32 Å². The first kappa shape index (κ1) is 10.5. The molecule has 1 aromatic rings. The van der Waals surface area contributed by atoms with Gasteiger partial charge in [0.1, 0.15) is 0 Å². The van der Waals surface area contributed by atoms with E-state index < -0.39 is 0 Å². The number of rotatable bonds is 4. The molecule has 0 amide bonds. The predicted octanol–water partition coefficient (Wildman–Crippen LogP) is 2.05. The molecule has 2 heteroatoms. The van der Waals surface area contributed by atoms with E-state index in [9.17, 15) is 0 Å². The van der Waals surface area contributed by atoms with E-state index >= 15 is 0 Å². The Bertz CT molecular complexity index is 322. The standard InChI is InChI=1S/C13H20N2/c1-11-10-12-6-3-4-7-13(12)15(11)9-5-8-14-2/h3-4,6-7,11,14H,5,8-10H2,1-2H3. The van der Waals surface area contributed by atoms with Crippen LogP contribution in [-0.4, -0.2) is 26.2 Å². The zero-order valence-corrected chi connectivity index (χ0v) is 9.66. The quantitative estimate of drug-likeness (QED) is 0.755. The number of benzene rings is 1. The van der Waals surface area contributed by atoms with E-state index in [1.54, 1.807) is 0 Å². The van der Waals surface area contributed by atoms with Crippen molar-refractivity contribution in [3.63, 3.8) is 0 Å². The minimum Gasteiger partial charge on any atom is -0.368 e. The van der Waals surface area contributed by atoms with E-state index in [1.165, 1.54) is 30.6 Å². The first-order valence-corrected chi connectivity index (χ1v) is 5.82. The van der Waals surface area contributed by atoms with E-state index in [2.05, 4.69) is 41.4 Å². The van der Waals surface area contributed by atoms with Crippen LogP contribution in [0.3, 0.4) is 0 Å². The fourth-order valence-electron chi connectivity index (χ4n) is 2.40. The fourth-order valence-corrected chi connectivity index (χ4v) is 2.40. The number of hydrogen-bond acceptors (Lipinski definition) is 2. The van der Waals surface area contributed by atoms with Crippen molar-refractivity contribution in [2.24, 2.45) is 0 Å². The van der Waals surface area contributed by atoms with Crippen LogP contribution in [-0.2, 0) is 6.42 Å². The smallest absolute Gasteiger partial charge is 0.0402 e. The topological polar surface area (TPSA) is 15.3 Å². The van der Waals surface area contributed by atoms with E-state index in [0.717, 1.165) is 6.54 Å². The average Bonchev–Trinajstić information content (AvgIpc) is 2.56. The van der Waals surface area contributed by atoms with Crippen LogP contribution in [0.25, 0.3) is 0 Å². The van der Waals surface area contributed by atoms with Crippen molar-refractivity contribution in [2.75, 3.05) is 25.0 Å². The number of nitrogens with one attached hydrogen (secondary N) is 1. The van der Waals surface area contributed by atoms with Gasteiger partial charge in [0.2, 0.25) is 0 Å². The maximum absolute atomic E-state index is 3.20. The Balaban J connectivity index is 2.05. The molecule has 0 bridgehead atoms. The molecular formula is C13H20N2. The molecule has 1 atom stereocenters. The van der Waals surface area contributed by atoms with Crippen LogP contribution in [0.1, 0.15) is 18.9 Å². The Labute approximate surface area is 92.3 Å². The second kappa shape index (κ2) is 4.67. The van der Waals surface area contributed by atoms with Crippen molar-refractivity contribution in [1.29, 1.82) is 0 Å². The summed E-state index contributed by atoms with van der Waals surface area (Å²) < 4.78 is 0. The lowest BCUT2D eigenvalue weighted by atomic mass is 10.1. The summed E-state index contributed by atoms with van der Waals surface area (Å²) in [4.78, 5) is 2.53. The minimum atomic E-state index is 0.666. The predicted molar refractivity (Wildman–Crippen MR) is 65.5 cm³/mol. The Morgan fingerprint density at radius 3 is 3.00 bits per heavy atom. The summed E-state index contributed by atoms with van der Waals surface area (Å²) in [5.74, 6) is 0. The maximum Gasteiger partial charge on any atom is 0.0402 e. The van der Waals surface area contributed by atoms with Gasteiger partial charge in [-0.2, -0.15) is 0 Å². The van der Waals surface area contributed by atoms with E-state index in [4.69, 9.17) is 0 Å². The lowest BCUT2D eigenvalue weighted by Gasteiger charge is -2.24. The zero-order valence-electron chi connectivity index (χ0n) is 9.66. The molecule has 15 heavy (non-hydrogen) atoms. The summed E-state index contributed by atoms with van der Waals surface area (Å²) in [6.45, 7) is 4.59. The molecule has 0 fully saturated rings. The highest BCUT2D eigenvalue weighted by Gasteiger charge is 2.24. The first-order valence-electron chi connectivity index (χ1n) is 5.82. The first-order chi connectivity index (χ1) is 7.33. The van der Waals surface area contributed by atoms with Gasteiger partial charge in [-0.3, -0.25) is 0 Å². The average molecular weight is 204 g/mol. The van der Waals surface area contributed by atoms with Crippen molar-refractivity contribution >= 4 is 5.69 Å². The summed E-state index contributed by atoms with van der Waals surface area (Å²) in [5, 5.41) is 3.20. The van der Waals surface area contributed by atoms with Gasteiger partial charge in [-0.25, -0.2) is 0 Å². The molecule has 1 unspecified atom stereocenters. The molecule has 1 aliphatic heterocycles. The van der Waals surface area contributed by atoms with Crippen LogP contribution in [0.5, 0.6) is 0 Å². The van der Waals surface area contributed by atoms with Gasteiger partial charge < -0.3 is 10.2 Å². The molecule has 0 radical (unpaired) electrons. The maximum atomic E-state index is 3.20. The van der Waals surface area contributed by atoms with Crippen LogP contribution in [0.4, 0.5) is 5.69 Å². The number of para-hydroxylation sites is 1. The highest BCUT2D eigenvalue weighted by atomic mass is 15.2. The third-order valence-corrected chi connectivity index (χ3v) is 3.17. The summed E-state index contributed by atoms with van der Waals surface area (Å²) in [5.41, 5.74) is 2.95. The molecule has 1 N–H and O–H groups in total. The lowest BCUT2D eigenvalue weighted by Crippen LogP contribution is -2.31. The second-order valence-corrected chi connectivity index (χ2v) is 4.33. The highest BCUT2D eigenvalue weighted by Crippen LogP contribution is 2.31. The molecule has 1 aliphatic rings. The molecule has 1 heterocycles. The van der Waals surface area contributed by atoms with Gasteiger partial charge in [0, 0.05) is 18.3 Å². The Kier molecular flexibility index (Phi) is 3.27. The van der Waals surface area contributed by atoms with Gasteiger partial charge in [0.25, 0.3) is 0 Å². The molecule has 2 nitrogen and oxygen atoms in total. The van der Waals surface area contributed by atoms with Gasteiger partial charge in [0.15, 0.2) is 0 Å². The van der Waals surface area contributed by atoms with Gasteiger partial charge in [-0.05, 0) is 45.0 Å². The van der Waals surface area contributed by atoms with Gasteiger partial charge in [-0.15, -0.1) is 0 Å². The molecule has 0 aliphatic carbocycles. The summed E-state index contributed by atoms with van der Waals surface area (Å²) in [6, 6.07) is 9.45. The molecule has 0 saturated heterocycles. The normalized spacial score (nSPS) is 19.3. The Morgan fingerprint density at radius 1 is 1.40 bits per heavy atom. The third-order valence-electron chi connectivity index (χ3n) is 3.17. The van der Waals surface area contributed by atoms with E-state index in [0.29, 0.717) is 6.04 Å². The molecule has 2 rings (SSSR count). The van der Waals surface area contributed by atoms with Crippen LogP contribution in [0.2, 0.25) is 0 Å². The highest BCUT2D eigenvalue weighted by molar-refractivity contribution is 5.59. The van der Waals surface area contributed by atoms with Crippen LogP contribution >= 0.6 is 0 Å². The molecule has 82 valence electrons. The van der Waals surface area contributed by atoms with Gasteiger partial charge in [0.05, 0.1) is 0 Å². The van der Waals surface area contributed by atoms with Gasteiger partial charge >= 0.3 is 0 Å². The fraction of sp³-hybridized carbons (Fsp3) is 0.538. The largest absolute Gasteiger partial charge is 0.368 e. The molecule has 0 saturated carbocycles. The summed E-state index contributed by atoms with van der Waals surface area (Å²) in [6.07, 6.45) is 2.42. The Hall–Kier alpha value is -1.02. The number of anilines is 1. The second-order valence-electron chi connectivity index (χ2n) is 4.33. The molecular weight excluding hydrogens is 184 g/mol. The molecule has 0 aromatic heterocycles. The summed E-state index contributed by atoms with van der Waals surface area (Å²) >= 11 is 0. The van der Waals surface area contributed by atoms with Gasteiger partial charge in [-0.1, -0.05) is 18.2 Å². The molecule has 1 aromatic carbocycles. The van der Waals surface area contributed by atoms with Crippen LogP contribution in [0, 0.1) is 0 Å². The van der Waals surface area contributed by atoms with Crippen molar-refractivity contribution in [3.8, 4) is 0 Å². The van der Waals surface area contributed by atoms with Crippen molar-refractivity contribution < 1.29 is 0 Å². The van der Waals surface area contributed by atoms with E-state index in [1.807, 2.05) is 7.05 Å². The number of nitrogens with zero attached hydrogens (tertiary/aromatic N) is 1. The van der Waals surface area contributed by atoms with E-state index in [-0.39, 0.29) is 0 Å². The van der Waals surface area contributed by atoms with Crippen LogP contribution < -0.4 is 10.2 Å².